The van der Waals surface area contributed by atoms with Gasteiger partial charge in [-0.25, -0.2) is 4.98 Å². The summed E-state index contributed by atoms with van der Waals surface area (Å²) in [7, 11) is 0. The highest BCUT2D eigenvalue weighted by atomic mass is 35.5. The molecule has 2 rings (SSSR count). The van der Waals surface area contributed by atoms with Crippen molar-refractivity contribution < 1.29 is 4.79 Å². The molecule has 0 saturated heterocycles. The second-order valence-electron chi connectivity index (χ2n) is 3.82. The van der Waals surface area contributed by atoms with Crippen molar-refractivity contribution >= 4 is 34.6 Å². The summed E-state index contributed by atoms with van der Waals surface area (Å²) in [5.74, 6) is -0.223. The number of aromatic amines is 1. The summed E-state index contributed by atoms with van der Waals surface area (Å²) in [6.45, 7) is 1.95. The number of nitrogens with one attached hydrogen (secondary N) is 2. The zero-order valence-electron chi connectivity index (χ0n) is 9.77. The summed E-state index contributed by atoms with van der Waals surface area (Å²) >= 11 is 5.92. The molecule has 2 heterocycles. The molecule has 0 aliphatic rings. The van der Waals surface area contributed by atoms with Crippen molar-refractivity contribution in [2.24, 2.45) is 5.73 Å². The lowest BCUT2D eigenvalue weighted by atomic mass is 10.2. The van der Waals surface area contributed by atoms with Gasteiger partial charge in [-0.3, -0.25) is 10.1 Å². The quantitative estimate of drug-likeness (QED) is 0.719. The maximum absolute atomic E-state index is 11.7. The van der Waals surface area contributed by atoms with Gasteiger partial charge in [-0.2, -0.15) is 9.97 Å². The summed E-state index contributed by atoms with van der Waals surface area (Å²) in [6, 6.07) is -0.577. The molecule has 0 aromatic carbocycles. The predicted molar refractivity (Wildman–Crippen MR) is 68.2 cm³/mol. The highest BCUT2D eigenvalue weighted by Crippen LogP contribution is 2.18. The summed E-state index contributed by atoms with van der Waals surface area (Å²) in [5.41, 5.74) is 6.62. The SMILES string of the molecule is CCC[C@@H](N)C(=O)Nc1nc(Cl)c2[nH]cnc2n1. The van der Waals surface area contributed by atoms with Crippen LogP contribution in [0.1, 0.15) is 19.8 Å². The first-order valence-electron chi connectivity index (χ1n) is 5.55. The largest absolute Gasteiger partial charge is 0.341 e. The summed E-state index contributed by atoms with van der Waals surface area (Å²) in [6.07, 6.45) is 2.89. The number of halogens is 1. The number of H-pyrrole nitrogens is 1. The number of nitrogens with two attached hydrogens (primary N) is 1. The number of carbonyl (C=O) groups excluding carboxylic acids is 1. The Hall–Kier alpha value is -1.73. The molecule has 0 aliphatic carbocycles. The number of hydrogen-bond donors (Lipinski definition) is 3. The molecule has 18 heavy (non-hydrogen) atoms. The van der Waals surface area contributed by atoms with E-state index in [0.717, 1.165) is 6.42 Å². The first kappa shape index (κ1) is 12.7. The predicted octanol–water partition coefficient (Wildman–Crippen LogP) is 1.07. The van der Waals surface area contributed by atoms with E-state index in [4.69, 9.17) is 17.3 Å². The van der Waals surface area contributed by atoms with Gasteiger partial charge in [0.05, 0.1) is 12.4 Å². The fourth-order valence-corrected chi connectivity index (χ4v) is 1.72. The van der Waals surface area contributed by atoms with Crippen LogP contribution in [0.25, 0.3) is 11.2 Å². The zero-order valence-corrected chi connectivity index (χ0v) is 10.5. The van der Waals surface area contributed by atoms with Crippen molar-refractivity contribution in [1.29, 1.82) is 0 Å². The molecule has 0 bridgehead atoms. The molecule has 0 aliphatic heterocycles. The van der Waals surface area contributed by atoms with Crippen molar-refractivity contribution in [2.75, 3.05) is 5.32 Å². The van der Waals surface area contributed by atoms with Crippen LogP contribution in [-0.2, 0) is 4.79 Å². The monoisotopic (exact) mass is 268 g/mol. The zero-order chi connectivity index (χ0) is 13.1. The second-order valence-corrected chi connectivity index (χ2v) is 4.18. The fourth-order valence-electron chi connectivity index (χ4n) is 1.50. The van der Waals surface area contributed by atoms with E-state index >= 15 is 0 Å². The lowest BCUT2D eigenvalue weighted by Crippen LogP contribution is -2.35. The van der Waals surface area contributed by atoms with Crippen LogP contribution in [0.5, 0.6) is 0 Å². The average molecular weight is 269 g/mol. The first-order valence-corrected chi connectivity index (χ1v) is 5.92. The molecule has 2 aromatic heterocycles. The Morgan fingerprint density at radius 2 is 2.39 bits per heavy atom. The minimum Gasteiger partial charge on any atom is -0.341 e. The number of carbonyl (C=O) groups is 1. The van der Waals surface area contributed by atoms with Crippen molar-refractivity contribution in [1.82, 2.24) is 19.9 Å². The third kappa shape index (κ3) is 2.57. The van der Waals surface area contributed by atoms with Crippen LogP contribution in [0.15, 0.2) is 6.33 Å². The van der Waals surface area contributed by atoms with Gasteiger partial charge in [-0.1, -0.05) is 24.9 Å². The van der Waals surface area contributed by atoms with Gasteiger partial charge < -0.3 is 10.7 Å². The Balaban J connectivity index is 2.19. The van der Waals surface area contributed by atoms with E-state index in [9.17, 15) is 4.79 Å². The van der Waals surface area contributed by atoms with Crippen molar-refractivity contribution in [2.45, 2.75) is 25.8 Å². The van der Waals surface area contributed by atoms with E-state index in [0.29, 0.717) is 17.6 Å². The van der Waals surface area contributed by atoms with Gasteiger partial charge in [0, 0.05) is 0 Å². The molecule has 2 aromatic rings. The Kier molecular flexibility index (Phi) is 3.73. The third-order valence-corrected chi connectivity index (χ3v) is 2.69. The molecule has 0 spiro atoms. The first-order chi connectivity index (χ1) is 8.61. The van der Waals surface area contributed by atoms with Gasteiger partial charge in [0.25, 0.3) is 0 Å². The second kappa shape index (κ2) is 5.28. The molecule has 0 saturated carbocycles. The number of hydrogen-bond acceptors (Lipinski definition) is 5. The molecule has 4 N–H and O–H groups in total. The number of aromatic nitrogens is 4. The number of amides is 1. The van der Waals surface area contributed by atoms with Gasteiger partial charge in [0.2, 0.25) is 11.9 Å². The Morgan fingerprint density at radius 1 is 1.61 bits per heavy atom. The number of rotatable bonds is 4. The molecule has 0 unspecified atom stereocenters. The molecular formula is C10H13ClN6O. The van der Waals surface area contributed by atoms with Crippen molar-refractivity contribution in [3.8, 4) is 0 Å². The van der Waals surface area contributed by atoms with Crippen molar-refractivity contribution in [3.05, 3.63) is 11.5 Å². The van der Waals surface area contributed by atoms with Crippen LogP contribution < -0.4 is 11.1 Å². The van der Waals surface area contributed by atoms with Gasteiger partial charge in [0.15, 0.2) is 10.8 Å². The van der Waals surface area contributed by atoms with Crippen LogP contribution in [-0.4, -0.2) is 31.9 Å². The molecule has 0 fully saturated rings. The smallest absolute Gasteiger partial charge is 0.243 e. The Labute approximate surface area is 108 Å². The normalized spacial score (nSPS) is 12.6. The van der Waals surface area contributed by atoms with Gasteiger partial charge in [-0.05, 0) is 6.42 Å². The molecule has 1 atom stereocenters. The standard InChI is InChI=1S/C10H13ClN6O/c1-2-3-5(12)9(18)17-10-15-7(11)6-8(16-10)14-4-13-6/h4-5H,2-3,12H2,1H3,(H2,13,14,15,16,17,18)/t5-/m1/s1. The van der Waals surface area contributed by atoms with E-state index in [2.05, 4.69) is 25.3 Å². The van der Waals surface area contributed by atoms with Crippen LogP contribution in [0.4, 0.5) is 5.95 Å². The highest BCUT2D eigenvalue weighted by Gasteiger charge is 2.15. The lowest BCUT2D eigenvalue weighted by Gasteiger charge is -2.09. The van der Waals surface area contributed by atoms with Crippen LogP contribution in [0.2, 0.25) is 5.15 Å². The number of anilines is 1. The van der Waals surface area contributed by atoms with E-state index in [-0.39, 0.29) is 17.0 Å². The highest BCUT2D eigenvalue weighted by molar-refractivity contribution is 6.33. The maximum Gasteiger partial charge on any atom is 0.243 e. The van der Waals surface area contributed by atoms with E-state index in [1.807, 2.05) is 6.92 Å². The molecule has 0 radical (unpaired) electrons. The van der Waals surface area contributed by atoms with Crippen LogP contribution >= 0.6 is 11.6 Å². The van der Waals surface area contributed by atoms with Crippen LogP contribution in [0.3, 0.4) is 0 Å². The van der Waals surface area contributed by atoms with Gasteiger partial charge in [0.1, 0.15) is 5.52 Å². The molecule has 8 heteroatoms. The molecular weight excluding hydrogens is 256 g/mol. The topological polar surface area (TPSA) is 110 Å². The minimum atomic E-state index is -0.577. The van der Waals surface area contributed by atoms with Crippen LogP contribution in [0, 0.1) is 0 Å². The van der Waals surface area contributed by atoms with Gasteiger partial charge in [-0.15, -0.1) is 0 Å². The molecule has 96 valence electrons. The maximum atomic E-state index is 11.7. The Morgan fingerprint density at radius 3 is 3.11 bits per heavy atom. The van der Waals surface area contributed by atoms with E-state index in [1.165, 1.54) is 6.33 Å². The summed E-state index contributed by atoms with van der Waals surface area (Å²) in [5, 5.41) is 2.73. The van der Waals surface area contributed by atoms with E-state index < -0.39 is 6.04 Å². The Bertz CT molecular complexity index is 568. The number of fused-ring (bicyclic) bond motifs is 1. The summed E-state index contributed by atoms with van der Waals surface area (Å²) < 4.78 is 0. The van der Waals surface area contributed by atoms with E-state index in [1.54, 1.807) is 0 Å². The third-order valence-electron chi connectivity index (χ3n) is 2.41. The number of nitrogens with zero attached hydrogens (tertiary/aromatic N) is 3. The molecule has 7 nitrogen and oxygen atoms in total. The summed E-state index contributed by atoms with van der Waals surface area (Å²) in [4.78, 5) is 26.5. The average Bonchev–Trinajstić information content (AvgIpc) is 2.77. The fraction of sp³-hybridized carbons (Fsp3) is 0.400. The van der Waals surface area contributed by atoms with Crippen molar-refractivity contribution in [3.63, 3.8) is 0 Å². The molecule has 1 amide bonds. The van der Waals surface area contributed by atoms with Gasteiger partial charge >= 0.3 is 0 Å². The lowest BCUT2D eigenvalue weighted by molar-refractivity contribution is -0.117. The minimum absolute atomic E-state index is 0.108. The number of imidazole rings is 1.